The second kappa shape index (κ2) is 5.17. The number of carbonyl (C=O) groups is 2. The number of hydrogen-bond acceptors (Lipinski definition) is 4. The van der Waals surface area contributed by atoms with Crippen molar-refractivity contribution in [3.8, 4) is 0 Å². The lowest BCUT2D eigenvalue weighted by atomic mass is 9.99. The molecule has 4 atom stereocenters. The summed E-state index contributed by atoms with van der Waals surface area (Å²) in [6, 6.07) is 0. The number of rotatable bonds is 2. The molecule has 2 aliphatic rings. The predicted molar refractivity (Wildman–Crippen MR) is 57.2 cm³/mol. The number of ether oxygens (including phenoxy) is 2. The molecular weight excluding hydrogens is 322 g/mol. The van der Waals surface area contributed by atoms with Gasteiger partial charge in [0.1, 0.15) is 11.7 Å². The van der Waals surface area contributed by atoms with Gasteiger partial charge in [0.05, 0.1) is 12.3 Å². The van der Waals surface area contributed by atoms with Gasteiger partial charge in [0, 0.05) is 5.92 Å². The summed E-state index contributed by atoms with van der Waals surface area (Å²) in [6.07, 6.45) is -14.1. The Bertz CT molecular complexity index is 509. The maximum Gasteiger partial charge on any atom is 0.422 e. The van der Waals surface area contributed by atoms with Crippen LogP contribution in [-0.4, -0.2) is 36.5 Å². The quantitative estimate of drug-likeness (QED) is 0.443. The highest BCUT2D eigenvalue weighted by Crippen LogP contribution is 2.48. The van der Waals surface area contributed by atoms with E-state index in [4.69, 9.17) is 0 Å². The Kier molecular flexibility index (Phi) is 3.90. The van der Waals surface area contributed by atoms with Crippen molar-refractivity contribution >= 4 is 11.9 Å². The normalized spacial score (nSPS) is 31.6. The molecule has 0 N–H and O–H groups in total. The van der Waals surface area contributed by atoms with Crippen LogP contribution in [0.4, 0.5) is 26.3 Å². The average Bonchev–Trinajstić information content (AvgIpc) is 2.55. The fourth-order valence-corrected chi connectivity index (χ4v) is 2.65. The first-order valence-corrected chi connectivity index (χ1v) is 6.14. The van der Waals surface area contributed by atoms with Gasteiger partial charge in [-0.05, 0) is 6.42 Å². The van der Waals surface area contributed by atoms with Crippen molar-refractivity contribution in [1.29, 1.82) is 0 Å². The Morgan fingerprint density at radius 1 is 1.23 bits per heavy atom. The molecule has 0 spiro atoms. The third-order valence-corrected chi connectivity index (χ3v) is 3.69. The van der Waals surface area contributed by atoms with E-state index in [2.05, 4.69) is 16.1 Å². The van der Waals surface area contributed by atoms with Crippen molar-refractivity contribution in [2.45, 2.75) is 37.4 Å². The van der Waals surface area contributed by atoms with Gasteiger partial charge in [-0.3, -0.25) is 4.79 Å². The number of carbonyl (C=O) groups excluding carboxylic acids is 2. The molecule has 22 heavy (non-hydrogen) atoms. The van der Waals surface area contributed by atoms with Crippen LogP contribution >= 0.6 is 0 Å². The van der Waals surface area contributed by atoms with Gasteiger partial charge in [0.2, 0.25) is 0 Å². The van der Waals surface area contributed by atoms with Gasteiger partial charge in [-0.2, -0.15) is 26.3 Å². The van der Waals surface area contributed by atoms with E-state index in [0.29, 0.717) is 0 Å². The topological polar surface area (TPSA) is 52.6 Å². The van der Waals surface area contributed by atoms with Crippen LogP contribution < -0.4 is 0 Å². The molecule has 0 radical (unpaired) electrons. The van der Waals surface area contributed by atoms with E-state index < -0.39 is 66.7 Å². The molecule has 2 rings (SSSR count). The summed E-state index contributed by atoms with van der Waals surface area (Å²) in [7, 11) is 0. The van der Waals surface area contributed by atoms with Crippen LogP contribution in [0, 0.1) is 11.8 Å². The summed E-state index contributed by atoms with van der Waals surface area (Å²) in [5.74, 6) is -5.86. The van der Waals surface area contributed by atoms with Crippen molar-refractivity contribution in [1.82, 2.24) is 0 Å². The molecule has 0 amide bonds. The number of halogens is 6. The molecule has 0 aromatic rings. The summed E-state index contributed by atoms with van der Waals surface area (Å²) in [6.45, 7) is 2.52. The minimum atomic E-state index is -5.05. The van der Waals surface area contributed by atoms with Crippen LogP contribution in [-0.2, 0) is 19.1 Å². The molecule has 10 heteroatoms. The zero-order valence-corrected chi connectivity index (χ0v) is 10.8. The van der Waals surface area contributed by atoms with Crippen LogP contribution in [0.1, 0.15) is 12.8 Å². The highest BCUT2D eigenvalue weighted by Gasteiger charge is 2.61. The maximum atomic E-state index is 12.9. The SMILES string of the molecule is C=C(C(=O)OC1C2CC(=O)OC1C(C(F)(F)F)C2)C(F)(F)F. The molecular formula is C12H10F6O4. The second-order valence-electron chi connectivity index (χ2n) is 5.15. The standard InChI is InChI=1S/C12H10F6O4/c1-4(11(13,14)15)10(20)22-8-5-2-6(12(16,17)18)9(8)21-7(19)3-5/h5-6,8-9H,1-3H2. The van der Waals surface area contributed by atoms with Crippen LogP contribution in [0.2, 0.25) is 0 Å². The summed E-state index contributed by atoms with van der Waals surface area (Å²) in [5.41, 5.74) is -1.83. The summed E-state index contributed by atoms with van der Waals surface area (Å²) < 4.78 is 84.6. The molecule has 124 valence electrons. The average molecular weight is 332 g/mol. The fraction of sp³-hybridized carbons (Fsp3) is 0.667. The smallest absolute Gasteiger partial charge is 0.422 e. The zero-order valence-electron chi connectivity index (χ0n) is 10.8. The van der Waals surface area contributed by atoms with E-state index >= 15 is 0 Å². The Hall–Kier alpha value is -1.74. The van der Waals surface area contributed by atoms with Crippen molar-refractivity contribution in [2.24, 2.45) is 11.8 Å². The largest absolute Gasteiger partial charge is 0.458 e. The molecule has 0 aromatic heterocycles. The number of alkyl halides is 6. The van der Waals surface area contributed by atoms with Crippen molar-refractivity contribution in [2.75, 3.05) is 0 Å². The van der Waals surface area contributed by atoms with Gasteiger partial charge < -0.3 is 9.47 Å². The van der Waals surface area contributed by atoms with Crippen molar-refractivity contribution in [3.63, 3.8) is 0 Å². The minimum absolute atomic E-state index is 0.445. The maximum absolute atomic E-state index is 12.9. The molecule has 4 unspecified atom stereocenters. The Labute approximate surface area is 120 Å². The summed E-state index contributed by atoms with van der Waals surface area (Å²) in [4.78, 5) is 22.5. The van der Waals surface area contributed by atoms with Gasteiger partial charge in [-0.15, -0.1) is 0 Å². The molecule has 1 saturated carbocycles. The third kappa shape index (κ3) is 3.05. The van der Waals surface area contributed by atoms with Gasteiger partial charge in [0.25, 0.3) is 0 Å². The lowest BCUT2D eigenvalue weighted by Crippen LogP contribution is -2.45. The third-order valence-electron chi connectivity index (χ3n) is 3.69. The van der Waals surface area contributed by atoms with Gasteiger partial charge in [-0.25, -0.2) is 4.79 Å². The van der Waals surface area contributed by atoms with E-state index in [-0.39, 0.29) is 0 Å². The predicted octanol–water partition coefficient (Wildman–Crippen LogP) is 2.53. The number of hydrogen-bond donors (Lipinski definition) is 0. The molecule has 1 aliphatic heterocycles. The van der Waals surface area contributed by atoms with E-state index in [1.165, 1.54) is 0 Å². The fourth-order valence-electron chi connectivity index (χ4n) is 2.65. The Balaban J connectivity index is 2.17. The van der Waals surface area contributed by atoms with E-state index in [9.17, 15) is 35.9 Å². The van der Waals surface area contributed by atoms with Crippen molar-refractivity contribution < 1.29 is 45.4 Å². The summed E-state index contributed by atoms with van der Waals surface area (Å²) >= 11 is 0. The number of fused-ring (bicyclic) bond motifs is 2. The first-order valence-electron chi connectivity index (χ1n) is 6.14. The molecule has 1 heterocycles. The van der Waals surface area contributed by atoms with E-state index in [1.54, 1.807) is 0 Å². The lowest BCUT2D eigenvalue weighted by Gasteiger charge is -2.31. The summed E-state index contributed by atoms with van der Waals surface area (Å²) in [5, 5.41) is 0. The highest BCUT2D eigenvalue weighted by molar-refractivity contribution is 5.89. The van der Waals surface area contributed by atoms with Crippen LogP contribution in [0.5, 0.6) is 0 Å². The molecule has 1 aliphatic carbocycles. The lowest BCUT2D eigenvalue weighted by molar-refractivity contribution is -0.214. The zero-order chi connectivity index (χ0) is 16.9. The van der Waals surface area contributed by atoms with Gasteiger partial charge in [-0.1, -0.05) is 6.58 Å². The van der Waals surface area contributed by atoms with Crippen LogP contribution in [0.15, 0.2) is 12.2 Å². The molecule has 0 aromatic carbocycles. The first-order chi connectivity index (χ1) is 9.91. The van der Waals surface area contributed by atoms with Crippen LogP contribution in [0.25, 0.3) is 0 Å². The minimum Gasteiger partial charge on any atom is -0.458 e. The molecule has 2 fully saturated rings. The molecule has 1 saturated heterocycles. The van der Waals surface area contributed by atoms with Crippen LogP contribution in [0.3, 0.4) is 0 Å². The highest BCUT2D eigenvalue weighted by atomic mass is 19.4. The Morgan fingerprint density at radius 2 is 1.82 bits per heavy atom. The first kappa shape index (κ1) is 16.6. The van der Waals surface area contributed by atoms with Gasteiger partial charge >= 0.3 is 24.3 Å². The second-order valence-corrected chi connectivity index (χ2v) is 5.15. The monoisotopic (exact) mass is 332 g/mol. The van der Waals surface area contributed by atoms with E-state index in [1.807, 2.05) is 0 Å². The van der Waals surface area contributed by atoms with Crippen molar-refractivity contribution in [3.05, 3.63) is 12.2 Å². The number of esters is 2. The Morgan fingerprint density at radius 3 is 2.32 bits per heavy atom. The molecule has 2 bridgehead atoms. The molecule has 4 nitrogen and oxygen atoms in total. The van der Waals surface area contributed by atoms with E-state index in [0.717, 1.165) is 0 Å². The van der Waals surface area contributed by atoms with Gasteiger partial charge in [0.15, 0.2) is 6.10 Å².